The Hall–Kier alpha value is -2.69. The average Bonchev–Trinajstić information content (AvgIpc) is 2.72. The molecule has 2 amide bonds. The molecule has 1 aromatic carbocycles. The van der Waals surface area contributed by atoms with Gasteiger partial charge in [-0.05, 0) is 61.8 Å². The average molecular weight is 365 g/mol. The Morgan fingerprint density at radius 1 is 1.04 bits per heavy atom. The third-order valence-electron chi connectivity index (χ3n) is 5.32. The standard InChI is InChI=1S/C22H27N3O2/c1-16(26)25-21(20-9-5-6-14-23-20)18-12-10-17(11-13-18)15-24-22(27)19-7-3-2-4-8-19/h2-9,14,17-18,21H,10-13,15H2,1H3,(H,24,27)(H,25,26)/t17?,18?,21-/m1/s1. The second kappa shape index (κ2) is 9.31. The maximum atomic E-state index is 12.2. The van der Waals surface area contributed by atoms with Crippen molar-refractivity contribution in [1.29, 1.82) is 0 Å². The van der Waals surface area contributed by atoms with Crippen molar-refractivity contribution in [3.63, 3.8) is 0 Å². The lowest BCUT2D eigenvalue weighted by Crippen LogP contribution is -2.36. The Morgan fingerprint density at radius 3 is 2.37 bits per heavy atom. The summed E-state index contributed by atoms with van der Waals surface area (Å²) in [5.41, 5.74) is 1.63. The monoisotopic (exact) mass is 365 g/mol. The minimum absolute atomic E-state index is 0.0117. The van der Waals surface area contributed by atoms with E-state index >= 15 is 0 Å². The van der Waals surface area contributed by atoms with Crippen LogP contribution < -0.4 is 10.6 Å². The molecule has 142 valence electrons. The van der Waals surface area contributed by atoms with Crippen LogP contribution in [0.3, 0.4) is 0 Å². The third-order valence-corrected chi connectivity index (χ3v) is 5.32. The first-order valence-corrected chi connectivity index (χ1v) is 9.64. The molecule has 1 saturated carbocycles. The summed E-state index contributed by atoms with van der Waals surface area (Å²) in [5, 5.41) is 6.14. The molecule has 1 heterocycles. The molecule has 2 N–H and O–H groups in total. The molecule has 1 fully saturated rings. The van der Waals surface area contributed by atoms with Gasteiger partial charge in [-0.3, -0.25) is 14.6 Å². The first kappa shape index (κ1) is 19.1. The Labute approximate surface area is 160 Å². The normalized spacial score (nSPS) is 20.5. The van der Waals surface area contributed by atoms with Crippen LogP contribution in [0.2, 0.25) is 0 Å². The quantitative estimate of drug-likeness (QED) is 0.823. The van der Waals surface area contributed by atoms with Crippen LogP contribution in [-0.4, -0.2) is 23.3 Å². The Bertz CT molecular complexity index is 741. The lowest BCUT2D eigenvalue weighted by molar-refractivity contribution is -0.120. The second-order valence-corrected chi connectivity index (χ2v) is 7.29. The van der Waals surface area contributed by atoms with E-state index in [1.807, 2.05) is 48.5 Å². The topological polar surface area (TPSA) is 71.1 Å². The number of hydrogen-bond acceptors (Lipinski definition) is 3. The summed E-state index contributed by atoms with van der Waals surface area (Å²) in [6.45, 7) is 2.26. The molecule has 5 nitrogen and oxygen atoms in total. The second-order valence-electron chi connectivity index (χ2n) is 7.29. The fourth-order valence-corrected chi connectivity index (χ4v) is 3.87. The Balaban J connectivity index is 1.52. The van der Waals surface area contributed by atoms with Crippen LogP contribution >= 0.6 is 0 Å². The fraction of sp³-hybridized carbons (Fsp3) is 0.409. The predicted octanol–water partition coefficient (Wildman–Crippen LogP) is 3.50. The van der Waals surface area contributed by atoms with Crippen LogP contribution in [0, 0.1) is 11.8 Å². The van der Waals surface area contributed by atoms with Gasteiger partial charge in [0.05, 0.1) is 11.7 Å². The van der Waals surface area contributed by atoms with Gasteiger partial charge in [-0.2, -0.15) is 0 Å². The maximum Gasteiger partial charge on any atom is 0.251 e. The zero-order valence-electron chi connectivity index (χ0n) is 15.7. The lowest BCUT2D eigenvalue weighted by atomic mass is 9.77. The van der Waals surface area contributed by atoms with Gasteiger partial charge in [-0.15, -0.1) is 0 Å². The van der Waals surface area contributed by atoms with Crippen molar-refractivity contribution in [2.75, 3.05) is 6.54 Å². The highest BCUT2D eigenvalue weighted by Gasteiger charge is 2.30. The number of rotatable bonds is 6. The van der Waals surface area contributed by atoms with Gasteiger partial charge in [0.2, 0.25) is 5.91 Å². The van der Waals surface area contributed by atoms with E-state index in [4.69, 9.17) is 0 Å². The van der Waals surface area contributed by atoms with Crippen LogP contribution in [0.4, 0.5) is 0 Å². The predicted molar refractivity (Wildman–Crippen MR) is 105 cm³/mol. The number of amides is 2. The van der Waals surface area contributed by atoms with Crippen LogP contribution in [0.25, 0.3) is 0 Å². The van der Waals surface area contributed by atoms with Gasteiger partial charge in [0.25, 0.3) is 5.91 Å². The Morgan fingerprint density at radius 2 is 1.74 bits per heavy atom. The van der Waals surface area contributed by atoms with E-state index in [-0.39, 0.29) is 17.9 Å². The number of hydrogen-bond donors (Lipinski definition) is 2. The van der Waals surface area contributed by atoms with Crippen molar-refractivity contribution in [1.82, 2.24) is 15.6 Å². The molecular weight excluding hydrogens is 338 g/mol. The number of aromatic nitrogens is 1. The molecule has 5 heteroatoms. The largest absolute Gasteiger partial charge is 0.352 e. The molecule has 3 rings (SSSR count). The van der Waals surface area contributed by atoms with E-state index in [1.54, 1.807) is 13.1 Å². The van der Waals surface area contributed by atoms with Crippen LogP contribution in [0.15, 0.2) is 54.7 Å². The molecule has 1 aliphatic rings. The number of carbonyl (C=O) groups excluding carboxylic acids is 2. The summed E-state index contributed by atoms with van der Waals surface area (Å²) < 4.78 is 0. The smallest absolute Gasteiger partial charge is 0.251 e. The number of benzene rings is 1. The minimum atomic E-state index is -0.0384. The molecule has 27 heavy (non-hydrogen) atoms. The number of nitrogens with zero attached hydrogens (tertiary/aromatic N) is 1. The van der Waals surface area contributed by atoms with Crippen LogP contribution in [-0.2, 0) is 4.79 Å². The number of carbonyl (C=O) groups is 2. The highest BCUT2D eigenvalue weighted by molar-refractivity contribution is 5.94. The summed E-state index contributed by atoms with van der Waals surface area (Å²) in [6, 6.07) is 15.1. The van der Waals surface area contributed by atoms with Gasteiger partial charge in [0, 0.05) is 25.2 Å². The molecule has 0 saturated heterocycles. The van der Waals surface area contributed by atoms with Crippen molar-refractivity contribution < 1.29 is 9.59 Å². The summed E-state index contributed by atoms with van der Waals surface area (Å²) in [7, 11) is 0. The van der Waals surface area contributed by atoms with E-state index in [1.165, 1.54) is 0 Å². The highest BCUT2D eigenvalue weighted by Crippen LogP contribution is 2.36. The summed E-state index contributed by atoms with van der Waals surface area (Å²) >= 11 is 0. The van der Waals surface area contributed by atoms with Crippen molar-refractivity contribution in [2.45, 2.75) is 38.6 Å². The van der Waals surface area contributed by atoms with Gasteiger partial charge in [-0.25, -0.2) is 0 Å². The van der Waals surface area contributed by atoms with Crippen molar-refractivity contribution in [2.24, 2.45) is 11.8 Å². The maximum absolute atomic E-state index is 12.2. The Kier molecular flexibility index (Phi) is 6.58. The van der Waals surface area contributed by atoms with Gasteiger partial charge in [0.15, 0.2) is 0 Å². The lowest BCUT2D eigenvalue weighted by Gasteiger charge is -2.34. The highest BCUT2D eigenvalue weighted by atomic mass is 16.2. The molecule has 0 bridgehead atoms. The van der Waals surface area contributed by atoms with Gasteiger partial charge < -0.3 is 10.6 Å². The zero-order chi connectivity index (χ0) is 19.1. The molecule has 0 unspecified atom stereocenters. The van der Waals surface area contributed by atoms with E-state index in [2.05, 4.69) is 15.6 Å². The van der Waals surface area contributed by atoms with Gasteiger partial charge in [-0.1, -0.05) is 24.3 Å². The summed E-state index contributed by atoms with van der Waals surface area (Å²) in [5.74, 6) is 0.825. The van der Waals surface area contributed by atoms with Crippen molar-refractivity contribution in [3.8, 4) is 0 Å². The first-order chi connectivity index (χ1) is 13.1. The van der Waals surface area contributed by atoms with E-state index in [0.717, 1.165) is 31.4 Å². The zero-order valence-corrected chi connectivity index (χ0v) is 15.7. The summed E-state index contributed by atoms with van der Waals surface area (Å²) in [6.07, 6.45) is 5.90. The van der Waals surface area contributed by atoms with Crippen molar-refractivity contribution in [3.05, 3.63) is 66.0 Å². The minimum Gasteiger partial charge on any atom is -0.352 e. The molecular formula is C22H27N3O2. The first-order valence-electron chi connectivity index (χ1n) is 9.64. The van der Waals surface area contributed by atoms with E-state index in [0.29, 0.717) is 23.9 Å². The molecule has 1 aromatic heterocycles. The molecule has 0 radical (unpaired) electrons. The van der Waals surface area contributed by atoms with E-state index < -0.39 is 0 Å². The third kappa shape index (κ3) is 5.39. The fourth-order valence-electron chi connectivity index (χ4n) is 3.87. The number of pyridine rings is 1. The van der Waals surface area contributed by atoms with Crippen LogP contribution in [0.1, 0.15) is 54.7 Å². The van der Waals surface area contributed by atoms with Gasteiger partial charge >= 0.3 is 0 Å². The van der Waals surface area contributed by atoms with Crippen molar-refractivity contribution >= 4 is 11.8 Å². The molecule has 0 aliphatic heterocycles. The molecule has 0 spiro atoms. The molecule has 1 aliphatic carbocycles. The van der Waals surface area contributed by atoms with E-state index in [9.17, 15) is 9.59 Å². The van der Waals surface area contributed by atoms with Gasteiger partial charge in [0.1, 0.15) is 0 Å². The molecule has 2 aromatic rings. The SMILES string of the molecule is CC(=O)N[C@@H](c1ccccn1)C1CCC(CNC(=O)c2ccccc2)CC1. The molecule has 1 atom stereocenters. The van der Waals surface area contributed by atoms with Crippen LogP contribution in [0.5, 0.6) is 0 Å². The number of nitrogens with one attached hydrogen (secondary N) is 2. The summed E-state index contributed by atoms with van der Waals surface area (Å²) in [4.78, 5) is 28.3.